The van der Waals surface area contributed by atoms with Crippen LogP contribution in [0.25, 0.3) is 0 Å². The fraction of sp³-hybridized carbons (Fsp3) is 0.583. The molecule has 0 amide bonds. The minimum absolute atomic E-state index is 0.101. The van der Waals surface area contributed by atoms with Gasteiger partial charge in [0, 0.05) is 18.5 Å². The van der Waals surface area contributed by atoms with Crippen molar-refractivity contribution in [1.29, 1.82) is 0 Å². The third-order valence-electron chi connectivity index (χ3n) is 2.86. The van der Waals surface area contributed by atoms with Gasteiger partial charge in [-0.25, -0.2) is 0 Å². The largest absolute Gasteiger partial charge is 0.379 e. The molecule has 2 rings (SSSR count). The topological polar surface area (TPSA) is 22.1 Å². The monoisotopic (exact) mass is 218 g/mol. The second kappa shape index (κ2) is 4.90. The maximum Gasteiger partial charge on any atom is 0.0705 e. The van der Waals surface area contributed by atoms with Gasteiger partial charge in [-0.15, -0.1) is 0 Å². The number of rotatable bonds is 3. The molecule has 1 aliphatic rings. The van der Waals surface area contributed by atoms with Gasteiger partial charge in [-0.2, -0.15) is 0 Å². The summed E-state index contributed by atoms with van der Waals surface area (Å²) in [4.78, 5) is 4.32. The summed E-state index contributed by atoms with van der Waals surface area (Å²) in [6.45, 7) is 0.881. The fourth-order valence-electron chi connectivity index (χ4n) is 1.93. The Morgan fingerprint density at radius 3 is 3.00 bits per heavy atom. The third-order valence-corrected chi connectivity index (χ3v) is 3.51. The predicted octanol–water partition coefficient (Wildman–Crippen LogP) is 2.08. The molecular weight excluding hydrogens is 202 g/mol. The Balaban J connectivity index is 1.87. The molecule has 0 aromatic carbocycles. The van der Waals surface area contributed by atoms with Gasteiger partial charge < -0.3 is 4.74 Å². The maximum atomic E-state index is 5.77. The summed E-state index contributed by atoms with van der Waals surface area (Å²) in [7, 11) is 3.76. The van der Waals surface area contributed by atoms with Gasteiger partial charge in [-0.1, -0.05) is 6.07 Å². The highest BCUT2D eigenvalue weighted by atomic mass is 28.1. The van der Waals surface area contributed by atoms with E-state index >= 15 is 0 Å². The summed E-state index contributed by atoms with van der Waals surface area (Å²) in [5.74, 6) is 0. The van der Waals surface area contributed by atoms with Crippen LogP contribution < -0.4 is 0 Å². The van der Waals surface area contributed by atoms with Crippen molar-refractivity contribution in [3.63, 3.8) is 0 Å². The number of hydrogen-bond donors (Lipinski definition) is 0. The molecule has 2 nitrogen and oxygen atoms in total. The average molecular weight is 218 g/mol. The van der Waals surface area contributed by atoms with Crippen molar-refractivity contribution >= 4 is 10.2 Å². The van der Waals surface area contributed by atoms with Crippen LogP contribution in [0, 0.1) is 0 Å². The number of pyridine rings is 1. The van der Waals surface area contributed by atoms with E-state index in [0.717, 1.165) is 31.6 Å². The van der Waals surface area contributed by atoms with Crippen LogP contribution in [0.4, 0.5) is 0 Å². The molecule has 1 aromatic heterocycles. The molecule has 2 heterocycles. The minimum Gasteiger partial charge on any atom is -0.379 e. The lowest BCUT2D eigenvalue weighted by Crippen LogP contribution is -2.37. The van der Waals surface area contributed by atoms with Crippen LogP contribution in [0.15, 0.2) is 24.4 Å². The van der Waals surface area contributed by atoms with Gasteiger partial charge >= 0.3 is 0 Å². The van der Waals surface area contributed by atoms with Gasteiger partial charge in [-0.3, -0.25) is 4.98 Å². The van der Waals surface area contributed by atoms with Gasteiger partial charge in [0.25, 0.3) is 0 Å². The Hall–Kier alpha value is -0.673. The zero-order valence-electron chi connectivity index (χ0n) is 8.91. The van der Waals surface area contributed by atoms with Gasteiger partial charge in [0.1, 0.15) is 0 Å². The lowest BCUT2D eigenvalue weighted by molar-refractivity contribution is -0.0224. The molecule has 1 fully saturated rings. The van der Waals surface area contributed by atoms with E-state index in [9.17, 15) is 0 Å². The zero-order chi connectivity index (χ0) is 10.6. The molecular formula is C12H16NOSi. The van der Waals surface area contributed by atoms with Gasteiger partial charge in [0.2, 0.25) is 0 Å². The van der Waals surface area contributed by atoms with Crippen molar-refractivity contribution < 1.29 is 4.74 Å². The maximum absolute atomic E-state index is 5.77. The Kier molecular flexibility index (Phi) is 3.54. The van der Waals surface area contributed by atoms with E-state index in [2.05, 4.69) is 21.3 Å². The van der Waals surface area contributed by atoms with E-state index in [1.165, 1.54) is 12.8 Å². The van der Waals surface area contributed by atoms with Crippen molar-refractivity contribution in [2.75, 3.05) is 6.61 Å². The van der Waals surface area contributed by atoms with Crippen molar-refractivity contribution in [2.45, 2.75) is 37.3 Å². The lowest BCUT2D eigenvalue weighted by Gasteiger charge is -2.33. The highest BCUT2D eigenvalue weighted by molar-refractivity contribution is 6.14. The van der Waals surface area contributed by atoms with Crippen molar-refractivity contribution in [2.24, 2.45) is 0 Å². The van der Waals surface area contributed by atoms with E-state index in [1.54, 1.807) is 0 Å². The first-order valence-corrected chi connectivity index (χ1v) is 6.07. The standard InChI is InChI=1S/C12H16NOSi/c15-12(7-2-4-10-14-12)8-6-11-5-1-3-9-13-11/h1,3,5,9H,2,4,6-8,10H2. The second-order valence-corrected chi connectivity index (χ2v) is 5.03. The molecule has 0 N–H and O–H groups in total. The van der Waals surface area contributed by atoms with Gasteiger partial charge in [0.15, 0.2) is 0 Å². The first kappa shape index (κ1) is 10.8. The van der Waals surface area contributed by atoms with Crippen molar-refractivity contribution in [3.05, 3.63) is 30.1 Å². The molecule has 0 bridgehead atoms. The Bertz CT molecular complexity index is 296. The van der Waals surface area contributed by atoms with Crippen LogP contribution >= 0.6 is 0 Å². The van der Waals surface area contributed by atoms with E-state index in [-0.39, 0.29) is 5.22 Å². The molecule has 3 radical (unpaired) electrons. The van der Waals surface area contributed by atoms with Gasteiger partial charge in [-0.05, 0) is 44.2 Å². The highest BCUT2D eigenvalue weighted by Gasteiger charge is 2.27. The van der Waals surface area contributed by atoms with Crippen molar-refractivity contribution in [1.82, 2.24) is 4.98 Å². The number of ether oxygens (including phenoxy) is 1. The number of nitrogens with zero attached hydrogens (tertiary/aromatic N) is 1. The second-order valence-electron chi connectivity index (χ2n) is 4.12. The van der Waals surface area contributed by atoms with Crippen LogP contribution in [0.1, 0.15) is 31.4 Å². The van der Waals surface area contributed by atoms with Crippen LogP contribution in [0.2, 0.25) is 0 Å². The third kappa shape index (κ3) is 3.14. The van der Waals surface area contributed by atoms with E-state index in [4.69, 9.17) is 4.74 Å². The summed E-state index contributed by atoms with van der Waals surface area (Å²) in [6, 6.07) is 6.05. The molecule has 0 aliphatic carbocycles. The molecule has 1 atom stereocenters. The van der Waals surface area contributed by atoms with Gasteiger partial charge in [0.05, 0.1) is 15.5 Å². The molecule has 3 heteroatoms. The predicted molar refractivity (Wildman–Crippen MR) is 60.8 cm³/mol. The first-order valence-electron chi connectivity index (χ1n) is 5.57. The molecule has 1 saturated heterocycles. The lowest BCUT2D eigenvalue weighted by atomic mass is 10.0. The molecule has 1 aliphatic heterocycles. The fourth-order valence-corrected chi connectivity index (χ4v) is 2.33. The molecule has 1 aromatic rings. The molecule has 0 saturated carbocycles. The smallest absolute Gasteiger partial charge is 0.0705 e. The molecule has 15 heavy (non-hydrogen) atoms. The Morgan fingerprint density at radius 1 is 1.40 bits per heavy atom. The summed E-state index contributed by atoms with van der Waals surface area (Å²) < 4.78 is 5.77. The zero-order valence-corrected chi connectivity index (χ0v) is 9.91. The molecule has 79 valence electrons. The number of aromatic nitrogens is 1. The summed E-state index contributed by atoms with van der Waals surface area (Å²) in [5, 5.41) is -0.101. The van der Waals surface area contributed by atoms with Crippen LogP contribution in [0.3, 0.4) is 0 Å². The quantitative estimate of drug-likeness (QED) is 0.725. The highest BCUT2D eigenvalue weighted by Crippen LogP contribution is 2.26. The molecule has 1 unspecified atom stereocenters. The first-order chi connectivity index (χ1) is 7.29. The Labute approximate surface area is 94.5 Å². The van der Waals surface area contributed by atoms with E-state index < -0.39 is 0 Å². The van der Waals surface area contributed by atoms with Crippen LogP contribution in [-0.2, 0) is 11.2 Å². The van der Waals surface area contributed by atoms with Crippen LogP contribution in [-0.4, -0.2) is 27.1 Å². The number of hydrogen-bond acceptors (Lipinski definition) is 2. The summed E-state index contributed by atoms with van der Waals surface area (Å²) in [5.41, 5.74) is 1.14. The molecule has 0 spiro atoms. The normalized spacial score (nSPS) is 26.5. The minimum atomic E-state index is -0.101. The number of aryl methyl sites for hydroxylation is 1. The van der Waals surface area contributed by atoms with Crippen molar-refractivity contribution in [3.8, 4) is 0 Å². The Morgan fingerprint density at radius 2 is 2.33 bits per heavy atom. The SMILES string of the molecule is [Si]C1(CCc2ccccn2)CCCCO1. The van der Waals surface area contributed by atoms with E-state index in [0.29, 0.717) is 0 Å². The van der Waals surface area contributed by atoms with E-state index in [1.807, 2.05) is 18.3 Å². The summed E-state index contributed by atoms with van der Waals surface area (Å²) in [6.07, 6.45) is 7.38. The summed E-state index contributed by atoms with van der Waals surface area (Å²) >= 11 is 0. The average Bonchev–Trinajstić information content (AvgIpc) is 2.29. The van der Waals surface area contributed by atoms with Crippen LogP contribution in [0.5, 0.6) is 0 Å².